The molecule has 0 amide bonds. The normalized spacial score (nSPS) is 11.6. The number of aliphatic imine (C=N–C) groups is 1. The first-order valence-electron chi connectivity index (χ1n) is 4.98. The van der Waals surface area contributed by atoms with Crippen molar-refractivity contribution in [3.63, 3.8) is 0 Å². The van der Waals surface area contributed by atoms with Crippen LogP contribution in [0.5, 0.6) is 0 Å². The zero-order valence-corrected chi connectivity index (χ0v) is 9.22. The second kappa shape index (κ2) is 7.17. The van der Waals surface area contributed by atoms with Gasteiger partial charge in [-0.2, -0.15) is 0 Å². The smallest absolute Gasteiger partial charge is 0.198 e. The van der Waals surface area contributed by atoms with Crippen molar-refractivity contribution < 1.29 is 0 Å². The second-order valence-corrected chi connectivity index (χ2v) is 3.42. The Balaban J connectivity index is 4.08. The molecule has 0 rings (SSSR count). The van der Waals surface area contributed by atoms with Crippen LogP contribution in [0.3, 0.4) is 0 Å². The van der Waals surface area contributed by atoms with Crippen molar-refractivity contribution >= 4 is 11.9 Å². The molecule has 0 aliphatic rings. The van der Waals surface area contributed by atoms with Gasteiger partial charge in [0.25, 0.3) is 0 Å². The van der Waals surface area contributed by atoms with Gasteiger partial charge >= 0.3 is 0 Å². The summed E-state index contributed by atoms with van der Waals surface area (Å²) >= 11 is 0. The van der Waals surface area contributed by atoms with Crippen molar-refractivity contribution in [1.82, 2.24) is 10.6 Å². The molecule has 0 aromatic rings. The molecule has 0 aromatic carbocycles. The summed E-state index contributed by atoms with van der Waals surface area (Å²) in [6.07, 6.45) is 2.15. The summed E-state index contributed by atoms with van der Waals surface area (Å²) in [5.74, 6) is 0.495. The third-order valence-corrected chi connectivity index (χ3v) is 1.46. The highest BCUT2D eigenvalue weighted by Gasteiger charge is 2.00. The van der Waals surface area contributed by atoms with E-state index in [4.69, 9.17) is 11.1 Å². The van der Waals surface area contributed by atoms with Gasteiger partial charge < -0.3 is 11.1 Å². The molecule has 0 atom stereocenters. The second-order valence-electron chi connectivity index (χ2n) is 3.42. The number of nitrogens with zero attached hydrogens (tertiary/aromatic N) is 1. The molecular weight excluding hydrogens is 178 g/mol. The molecule has 0 aromatic heterocycles. The van der Waals surface area contributed by atoms with E-state index >= 15 is 0 Å². The maximum atomic E-state index is 7.10. The fraction of sp³-hybridized carbons (Fsp3) is 0.778. The van der Waals surface area contributed by atoms with Gasteiger partial charge in [-0.15, -0.1) is 0 Å². The highest BCUT2D eigenvalue weighted by molar-refractivity contribution is 5.96. The monoisotopic (exact) mass is 199 g/mol. The first kappa shape index (κ1) is 12.7. The lowest BCUT2D eigenvalue weighted by Gasteiger charge is -2.13. The van der Waals surface area contributed by atoms with Crippen LogP contribution in [0.4, 0.5) is 0 Å². The Kier molecular flexibility index (Phi) is 6.53. The van der Waals surface area contributed by atoms with E-state index < -0.39 is 0 Å². The standard InChI is InChI=1S/C9H21N5/c1-4-5-6-12-9(13-7(2)3)14-8(10)11/h7H,4-6H2,1-3H3,(H5,10,11,12,13,14). The van der Waals surface area contributed by atoms with Gasteiger partial charge in [-0.3, -0.25) is 15.7 Å². The fourth-order valence-corrected chi connectivity index (χ4v) is 0.871. The molecule has 5 nitrogen and oxygen atoms in total. The van der Waals surface area contributed by atoms with Crippen molar-refractivity contribution in [3.05, 3.63) is 0 Å². The summed E-state index contributed by atoms with van der Waals surface area (Å²) in [5.41, 5.74) is 5.22. The van der Waals surface area contributed by atoms with Gasteiger partial charge in [0.15, 0.2) is 11.9 Å². The predicted octanol–water partition coefficient (Wildman–Crippen LogP) is 0.624. The minimum Gasteiger partial charge on any atom is -0.370 e. The largest absolute Gasteiger partial charge is 0.370 e. The van der Waals surface area contributed by atoms with Gasteiger partial charge in [-0.1, -0.05) is 13.3 Å². The van der Waals surface area contributed by atoms with Crippen LogP contribution < -0.4 is 16.4 Å². The lowest BCUT2D eigenvalue weighted by atomic mass is 10.3. The number of nitrogens with one attached hydrogen (secondary N) is 3. The average Bonchev–Trinajstić information content (AvgIpc) is 2.02. The number of unbranched alkanes of at least 4 members (excludes halogenated alkanes) is 1. The quantitative estimate of drug-likeness (QED) is 0.304. The van der Waals surface area contributed by atoms with Crippen LogP contribution in [0.15, 0.2) is 4.99 Å². The predicted molar refractivity (Wildman–Crippen MR) is 60.5 cm³/mol. The first-order chi connectivity index (χ1) is 6.56. The SMILES string of the molecule is CCCCN=C(NC(=N)N)NC(C)C. The van der Waals surface area contributed by atoms with E-state index in [1.807, 2.05) is 13.8 Å². The molecule has 14 heavy (non-hydrogen) atoms. The average molecular weight is 199 g/mol. The fourth-order valence-electron chi connectivity index (χ4n) is 0.871. The van der Waals surface area contributed by atoms with Crippen molar-refractivity contribution in [1.29, 1.82) is 5.41 Å². The van der Waals surface area contributed by atoms with Crippen LogP contribution in [-0.4, -0.2) is 24.5 Å². The summed E-state index contributed by atoms with van der Waals surface area (Å²) in [6.45, 7) is 6.89. The Morgan fingerprint density at radius 1 is 1.50 bits per heavy atom. The Labute approximate surface area is 85.7 Å². The van der Waals surface area contributed by atoms with E-state index in [2.05, 4.69) is 22.5 Å². The number of rotatable bonds is 4. The molecule has 5 heteroatoms. The van der Waals surface area contributed by atoms with Gasteiger partial charge in [0.1, 0.15) is 0 Å². The molecule has 0 heterocycles. The van der Waals surface area contributed by atoms with Gasteiger partial charge in [0.05, 0.1) is 0 Å². The highest BCUT2D eigenvalue weighted by atomic mass is 15.2. The summed E-state index contributed by atoms with van der Waals surface area (Å²) in [4.78, 5) is 4.27. The van der Waals surface area contributed by atoms with Crippen LogP contribution in [0.2, 0.25) is 0 Å². The molecule has 0 saturated carbocycles. The molecule has 0 saturated heterocycles. The van der Waals surface area contributed by atoms with E-state index in [1.165, 1.54) is 0 Å². The van der Waals surface area contributed by atoms with Crippen molar-refractivity contribution in [2.75, 3.05) is 6.54 Å². The van der Waals surface area contributed by atoms with Crippen molar-refractivity contribution in [2.24, 2.45) is 10.7 Å². The summed E-state index contributed by atoms with van der Waals surface area (Å²) in [7, 11) is 0. The highest BCUT2D eigenvalue weighted by Crippen LogP contribution is 1.87. The molecule has 5 N–H and O–H groups in total. The molecule has 0 unspecified atom stereocenters. The first-order valence-corrected chi connectivity index (χ1v) is 4.98. The molecule has 0 spiro atoms. The van der Waals surface area contributed by atoms with Crippen LogP contribution in [0.1, 0.15) is 33.6 Å². The molecular formula is C9H21N5. The topological polar surface area (TPSA) is 86.3 Å². The molecule has 0 bridgehead atoms. The van der Waals surface area contributed by atoms with Crippen molar-refractivity contribution in [2.45, 2.75) is 39.7 Å². The van der Waals surface area contributed by atoms with Crippen LogP contribution in [-0.2, 0) is 0 Å². The zero-order valence-electron chi connectivity index (χ0n) is 9.22. The summed E-state index contributed by atoms with van der Waals surface area (Å²) in [5, 5.41) is 12.9. The van der Waals surface area contributed by atoms with Gasteiger partial charge in [-0.25, -0.2) is 0 Å². The van der Waals surface area contributed by atoms with Crippen LogP contribution >= 0.6 is 0 Å². The van der Waals surface area contributed by atoms with E-state index in [9.17, 15) is 0 Å². The van der Waals surface area contributed by atoms with Gasteiger partial charge in [0.2, 0.25) is 0 Å². The molecule has 0 fully saturated rings. The van der Waals surface area contributed by atoms with Crippen LogP contribution in [0, 0.1) is 5.41 Å². The third-order valence-electron chi connectivity index (χ3n) is 1.46. The minimum atomic E-state index is -0.0894. The van der Waals surface area contributed by atoms with Gasteiger partial charge in [-0.05, 0) is 20.3 Å². The molecule has 0 radical (unpaired) electrons. The lowest BCUT2D eigenvalue weighted by molar-refractivity contribution is 0.710. The Bertz CT molecular complexity index is 197. The summed E-state index contributed by atoms with van der Waals surface area (Å²) < 4.78 is 0. The zero-order chi connectivity index (χ0) is 11.0. The van der Waals surface area contributed by atoms with E-state index in [0.29, 0.717) is 5.96 Å². The molecule has 82 valence electrons. The maximum absolute atomic E-state index is 7.10. The Morgan fingerprint density at radius 2 is 2.14 bits per heavy atom. The van der Waals surface area contributed by atoms with E-state index in [-0.39, 0.29) is 12.0 Å². The number of nitrogens with two attached hydrogens (primary N) is 1. The Morgan fingerprint density at radius 3 is 2.57 bits per heavy atom. The number of hydrogen-bond acceptors (Lipinski definition) is 2. The number of hydrogen-bond donors (Lipinski definition) is 4. The third kappa shape index (κ3) is 7.39. The maximum Gasteiger partial charge on any atom is 0.198 e. The summed E-state index contributed by atoms with van der Waals surface area (Å²) in [6, 6.07) is 0.280. The van der Waals surface area contributed by atoms with E-state index in [0.717, 1.165) is 19.4 Å². The van der Waals surface area contributed by atoms with Crippen LogP contribution in [0.25, 0.3) is 0 Å². The Hall–Kier alpha value is -1.26. The van der Waals surface area contributed by atoms with Crippen molar-refractivity contribution in [3.8, 4) is 0 Å². The minimum absolute atomic E-state index is 0.0894. The number of guanidine groups is 2. The van der Waals surface area contributed by atoms with E-state index in [1.54, 1.807) is 0 Å². The van der Waals surface area contributed by atoms with Gasteiger partial charge in [0, 0.05) is 12.6 Å². The lowest BCUT2D eigenvalue weighted by Crippen LogP contribution is -2.46. The molecule has 0 aliphatic carbocycles. The molecule has 0 aliphatic heterocycles.